The van der Waals surface area contributed by atoms with Crippen LogP contribution in [0.25, 0.3) is 10.8 Å². The number of para-hydroxylation sites is 1. The van der Waals surface area contributed by atoms with Gasteiger partial charge >= 0.3 is 0 Å². The highest BCUT2D eigenvalue weighted by atomic mass is 16.3. The molecular weight excluding hydrogens is 576 g/mol. The van der Waals surface area contributed by atoms with Gasteiger partial charge < -0.3 is 10.4 Å². The fourth-order valence-corrected chi connectivity index (χ4v) is 7.86. The van der Waals surface area contributed by atoms with Gasteiger partial charge in [0.15, 0.2) is 11.6 Å². The molecule has 1 saturated heterocycles. The first kappa shape index (κ1) is 28.0. The van der Waals surface area contributed by atoms with Gasteiger partial charge in [0.05, 0.1) is 17.5 Å². The van der Waals surface area contributed by atoms with Crippen molar-refractivity contribution in [3.05, 3.63) is 131 Å². The lowest BCUT2D eigenvalue weighted by Gasteiger charge is -2.42. The maximum Gasteiger partial charge on any atom is 0.238 e. The molecule has 7 heteroatoms. The number of ketones is 2. The standard InChI is InChI=1S/C39H30N2O5/c1-21-19-32(42)31-20-30-27(33(35(31)36(21)43)28-16-11-22-7-5-6-10-26(22)37(28)44)17-18-29-34(30)39(46)41(38(29)45)25-14-12-24(13-15-25)40-23-8-3-2-4-9-23/h2-17,19,29-30,33-34,40,44H,18,20H2,1H3/t29-,30+,33+,34-/m0/s1. The minimum absolute atomic E-state index is 0.0470. The number of anilines is 3. The third-order valence-corrected chi connectivity index (χ3v) is 10.00. The first-order chi connectivity index (χ1) is 22.3. The molecule has 1 heterocycles. The van der Waals surface area contributed by atoms with E-state index in [1.54, 1.807) is 19.1 Å². The smallest absolute Gasteiger partial charge is 0.238 e. The number of carbonyl (C=O) groups excluding carboxylic acids is 4. The molecule has 46 heavy (non-hydrogen) atoms. The summed E-state index contributed by atoms with van der Waals surface area (Å²) in [5.74, 6) is -3.46. The summed E-state index contributed by atoms with van der Waals surface area (Å²) in [4.78, 5) is 56.6. The number of aromatic hydroxyl groups is 1. The average Bonchev–Trinajstić information content (AvgIpc) is 3.33. The third-order valence-electron chi connectivity index (χ3n) is 10.00. The van der Waals surface area contributed by atoms with Crippen molar-refractivity contribution in [2.24, 2.45) is 17.8 Å². The highest BCUT2D eigenvalue weighted by Crippen LogP contribution is 2.56. The summed E-state index contributed by atoms with van der Waals surface area (Å²) in [6.07, 6.45) is 3.86. The van der Waals surface area contributed by atoms with Crippen molar-refractivity contribution in [3.63, 3.8) is 0 Å². The van der Waals surface area contributed by atoms with Gasteiger partial charge in [-0.25, -0.2) is 0 Å². The molecule has 0 spiro atoms. The molecule has 1 fully saturated rings. The largest absolute Gasteiger partial charge is 0.507 e. The maximum absolute atomic E-state index is 14.3. The number of phenolic OH excluding ortho intramolecular Hbond substituents is 1. The number of fused-ring (bicyclic) bond motifs is 4. The van der Waals surface area contributed by atoms with Crippen molar-refractivity contribution < 1.29 is 24.3 Å². The normalized spacial score (nSPS) is 24.0. The van der Waals surface area contributed by atoms with Gasteiger partial charge in [0.25, 0.3) is 0 Å². The summed E-state index contributed by atoms with van der Waals surface area (Å²) in [5, 5.41) is 16.4. The van der Waals surface area contributed by atoms with Crippen LogP contribution in [0.2, 0.25) is 0 Å². The fraction of sp³-hybridized carbons (Fsp3) is 0.179. The van der Waals surface area contributed by atoms with Gasteiger partial charge in [-0.05, 0) is 73.5 Å². The molecule has 0 radical (unpaired) electrons. The molecule has 4 aromatic rings. The molecule has 0 aromatic heterocycles. The van der Waals surface area contributed by atoms with Crippen LogP contribution in [0.3, 0.4) is 0 Å². The lowest BCUT2D eigenvalue weighted by Crippen LogP contribution is -2.39. The van der Waals surface area contributed by atoms with E-state index >= 15 is 0 Å². The van der Waals surface area contributed by atoms with Crippen LogP contribution >= 0.6 is 0 Å². The molecule has 0 saturated carbocycles. The summed E-state index contributed by atoms with van der Waals surface area (Å²) in [5.41, 5.74) is 4.66. The van der Waals surface area contributed by atoms with Crippen LogP contribution in [-0.2, 0) is 19.2 Å². The Morgan fingerprint density at radius 3 is 2.28 bits per heavy atom. The molecule has 2 N–H and O–H groups in total. The molecule has 226 valence electrons. The summed E-state index contributed by atoms with van der Waals surface area (Å²) >= 11 is 0. The minimum Gasteiger partial charge on any atom is -0.507 e. The molecule has 7 nitrogen and oxygen atoms in total. The number of phenols is 1. The Balaban J connectivity index is 1.19. The van der Waals surface area contributed by atoms with Gasteiger partial charge in [0.1, 0.15) is 5.75 Å². The SMILES string of the molecule is CC1=CC(=O)C2=C(C1=O)[C@@H](c1ccc3ccccc3c1O)C1=CC[C@@H]3C(=O)N(c4ccc(Nc5ccccc5)cc4)C(=O)[C@@H]3[C@@H]1C2. The van der Waals surface area contributed by atoms with Crippen LogP contribution in [0.15, 0.2) is 125 Å². The zero-order valence-electron chi connectivity index (χ0n) is 25.1. The molecule has 4 aliphatic rings. The van der Waals surface area contributed by atoms with Gasteiger partial charge in [0, 0.05) is 45.0 Å². The lowest BCUT2D eigenvalue weighted by molar-refractivity contribution is -0.123. The number of amides is 2. The van der Waals surface area contributed by atoms with Crippen LogP contribution in [0, 0.1) is 17.8 Å². The zero-order valence-corrected chi connectivity index (χ0v) is 25.1. The Hall–Kier alpha value is -5.56. The molecule has 3 aliphatic carbocycles. The molecule has 4 atom stereocenters. The Morgan fingerprint density at radius 2 is 1.50 bits per heavy atom. The number of Topliss-reactive ketones (excluding diaryl/α,β-unsaturated/α-hetero) is 1. The second-order valence-corrected chi connectivity index (χ2v) is 12.5. The van der Waals surface area contributed by atoms with Gasteiger partial charge in [-0.15, -0.1) is 0 Å². The molecule has 0 bridgehead atoms. The number of benzene rings is 4. The summed E-state index contributed by atoms with van der Waals surface area (Å²) in [6, 6.07) is 28.1. The number of rotatable bonds is 4. The van der Waals surface area contributed by atoms with Gasteiger partial charge in [-0.2, -0.15) is 0 Å². The van der Waals surface area contributed by atoms with Gasteiger partial charge in [-0.1, -0.05) is 66.2 Å². The number of carbonyl (C=O) groups is 4. The second kappa shape index (κ2) is 10.5. The van der Waals surface area contributed by atoms with Crippen LogP contribution in [0.4, 0.5) is 17.1 Å². The van der Waals surface area contributed by atoms with Crippen molar-refractivity contribution in [3.8, 4) is 5.75 Å². The Morgan fingerprint density at radius 1 is 0.783 bits per heavy atom. The van der Waals surface area contributed by atoms with Crippen LogP contribution in [-0.4, -0.2) is 28.5 Å². The van der Waals surface area contributed by atoms with Crippen molar-refractivity contribution in [1.29, 1.82) is 0 Å². The highest BCUT2D eigenvalue weighted by molar-refractivity contribution is 6.25. The van der Waals surface area contributed by atoms with E-state index in [9.17, 15) is 24.3 Å². The van der Waals surface area contributed by atoms with E-state index in [2.05, 4.69) is 5.32 Å². The number of hydrogen-bond acceptors (Lipinski definition) is 6. The fourth-order valence-electron chi connectivity index (χ4n) is 7.86. The Labute approximate surface area is 265 Å². The monoisotopic (exact) mass is 606 g/mol. The first-order valence-electron chi connectivity index (χ1n) is 15.5. The highest BCUT2D eigenvalue weighted by Gasteiger charge is 2.56. The number of imide groups is 1. The zero-order chi connectivity index (χ0) is 31.7. The van der Waals surface area contributed by atoms with E-state index < -0.39 is 23.7 Å². The quantitative estimate of drug-likeness (QED) is 0.148. The van der Waals surface area contributed by atoms with Crippen molar-refractivity contribution >= 4 is 51.2 Å². The number of hydrogen-bond donors (Lipinski definition) is 2. The third kappa shape index (κ3) is 4.19. The van der Waals surface area contributed by atoms with E-state index in [1.165, 1.54) is 11.0 Å². The average molecular weight is 607 g/mol. The van der Waals surface area contributed by atoms with Crippen molar-refractivity contribution in [2.45, 2.75) is 25.7 Å². The second-order valence-electron chi connectivity index (χ2n) is 12.5. The van der Waals surface area contributed by atoms with Gasteiger partial charge in [-0.3, -0.25) is 24.1 Å². The summed E-state index contributed by atoms with van der Waals surface area (Å²) in [7, 11) is 0. The summed E-state index contributed by atoms with van der Waals surface area (Å²) in [6.45, 7) is 1.64. The molecular formula is C39H30N2O5. The van der Waals surface area contributed by atoms with Crippen LogP contribution < -0.4 is 10.2 Å². The number of allylic oxidation sites excluding steroid dienone is 6. The maximum atomic E-state index is 14.3. The van der Waals surface area contributed by atoms with Gasteiger partial charge in [0.2, 0.25) is 11.8 Å². The predicted octanol–water partition coefficient (Wildman–Crippen LogP) is 6.92. The molecule has 4 aromatic carbocycles. The molecule has 2 amide bonds. The van der Waals surface area contributed by atoms with E-state index in [-0.39, 0.29) is 35.6 Å². The van der Waals surface area contributed by atoms with E-state index in [4.69, 9.17) is 0 Å². The topological polar surface area (TPSA) is 104 Å². The number of nitrogens with one attached hydrogen (secondary N) is 1. The van der Waals surface area contributed by atoms with Crippen LogP contribution in [0.5, 0.6) is 5.75 Å². The minimum atomic E-state index is -0.709. The van der Waals surface area contributed by atoms with E-state index in [0.29, 0.717) is 39.8 Å². The summed E-state index contributed by atoms with van der Waals surface area (Å²) < 4.78 is 0. The predicted molar refractivity (Wildman–Crippen MR) is 176 cm³/mol. The Kier molecular flexibility index (Phi) is 6.39. The van der Waals surface area contributed by atoms with Crippen molar-refractivity contribution in [2.75, 3.05) is 10.2 Å². The lowest BCUT2D eigenvalue weighted by atomic mass is 9.59. The van der Waals surface area contributed by atoms with Crippen LogP contribution in [0.1, 0.15) is 31.2 Å². The van der Waals surface area contributed by atoms with Crippen molar-refractivity contribution in [1.82, 2.24) is 0 Å². The van der Waals surface area contributed by atoms with E-state index in [0.717, 1.165) is 22.3 Å². The molecule has 8 rings (SSSR count). The molecule has 1 aliphatic heterocycles. The first-order valence-corrected chi connectivity index (χ1v) is 15.5. The Bertz CT molecular complexity index is 2090. The molecule has 0 unspecified atom stereocenters. The number of nitrogens with zero attached hydrogens (tertiary/aromatic N) is 1. The van der Waals surface area contributed by atoms with E-state index in [1.807, 2.05) is 84.9 Å².